The van der Waals surface area contributed by atoms with Crippen molar-refractivity contribution in [1.29, 1.82) is 0 Å². The Morgan fingerprint density at radius 2 is 2.11 bits per heavy atom. The van der Waals surface area contributed by atoms with Crippen molar-refractivity contribution in [2.45, 2.75) is 45.3 Å². The number of nitrogens with zero attached hydrogens (tertiary/aromatic N) is 1. The SMILES string of the molecule is CC(C)(C)OC(=O)N1C[C@@H]2C[C@H]1C2C(CN)C(F)F. The molecule has 2 saturated heterocycles. The highest BCUT2D eigenvalue weighted by atomic mass is 19.3. The summed E-state index contributed by atoms with van der Waals surface area (Å²) in [4.78, 5) is 13.6. The van der Waals surface area contributed by atoms with Crippen molar-refractivity contribution in [2.75, 3.05) is 13.1 Å². The van der Waals surface area contributed by atoms with Gasteiger partial charge in [-0.05, 0) is 39.0 Å². The average Bonchev–Trinajstić information content (AvgIpc) is 2.80. The van der Waals surface area contributed by atoms with Gasteiger partial charge >= 0.3 is 6.09 Å². The third-order valence-electron chi connectivity index (χ3n) is 4.08. The van der Waals surface area contributed by atoms with Gasteiger partial charge in [-0.3, -0.25) is 0 Å². The normalized spacial score (nSPS) is 31.3. The second kappa shape index (κ2) is 4.89. The van der Waals surface area contributed by atoms with E-state index in [-0.39, 0.29) is 24.4 Å². The summed E-state index contributed by atoms with van der Waals surface area (Å²) < 4.78 is 31.2. The second-order valence-corrected chi connectivity index (χ2v) is 6.51. The zero-order valence-corrected chi connectivity index (χ0v) is 11.6. The van der Waals surface area contributed by atoms with Gasteiger partial charge in [0.1, 0.15) is 5.60 Å². The topological polar surface area (TPSA) is 55.6 Å². The Bertz CT molecular complexity index is 357. The van der Waals surface area contributed by atoms with Crippen LogP contribution in [0.1, 0.15) is 27.2 Å². The predicted octanol–water partition coefficient (Wildman–Crippen LogP) is 2.08. The van der Waals surface area contributed by atoms with Crippen LogP contribution in [0.4, 0.5) is 13.6 Å². The van der Waals surface area contributed by atoms with E-state index in [1.807, 2.05) is 0 Å². The predicted molar refractivity (Wildman–Crippen MR) is 66.9 cm³/mol. The minimum atomic E-state index is -2.42. The Hall–Kier alpha value is -0.910. The summed E-state index contributed by atoms with van der Waals surface area (Å²) in [6.45, 7) is 5.88. The minimum absolute atomic E-state index is 0.0303. The third kappa shape index (κ3) is 2.68. The number of nitrogens with two attached hydrogens (primary N) is 1. The van der Waals surface area contributed by atoms with Crippen LogP contribution < -0.4 is 5.73 Å². The minimum Gasteiger partial charge on any atom is -0.444 e. The summed E-state index contributed by atoms with van der Waals surface area (Å²) in [5, 5.41) is 0. The number of rotatable bonds is 3. The van der Waals surface area contributed by atoms with Crippen LogP contribution in [0.2, 0.25) is 0 Å². The summed E-state index contributed by atoms with van der Waals surface area (Å²) in [6, 6.07) is -0.123. The van der Waals surface area contributed by atoms with E-state index in [2.05, 4.69) is 0 Å². The van der Waals surface area contributed by atoms with Gasteiger partial charge in [-0.25, -0.2) is 13.6 Å². The molecule has 2 heterocycles. The molecule has 2 aliphatic heterocycles. The van der Waals surface area contributed by atoms with Crippen LogP contribution in [0.5, 0.6) is 0 Å². The molecule has 4 atom stereocenters. The summed E-state index contributed by atoms with van der Waals surface area (Å²) >= 11 is 0. The maximum atomic E-state index is 12.9. The summed E-state index contributed by atoms with van der Waals surface area (Å²) in [5.74, 6) is -0.825. The van der Waals surface area contributed by atoms with Gasteiger partial charge in [0.05, 0.1) is 0 Å². The summed E-state index contributed by atoms with van der Waals surface area (Å²) in [6.07, 6.45) is -2.01. The molecule has 3 rings (SSSR count). The monoisotopic (exact) mass is 276 g/mol. The first-order valence-electron chi connectivity index (χ1n) is 6.72. The maximum absolute atomic E-state index is 12.9. The fourth-order valence-corrected chi connectivity index (χ4v) is 3.26. The van der Waals surface area contributed by atoms with Gasteiger partial charge in [-0.15, -0.1) is 0 Å². The first-order chi connectivity index (χ1) is 8.74. The van der Waals surface area contributed by atoms with Gasteiger partial charge < -0.3 is 15.4 Å². The lowest BCUT2D eigenvalue weighted by Gasteiger charge is -2.41. The lowest BCUT2D eigenvalue weighted by atomic mass is 9.67. The molecule has 2 N–H and O–H groups in total. The van der Waals surface area contributed by atoms with Crippen LogP contribution in [-0.2, 0) is 4.74 Å². The zero-order valence-electron chi connectivity index (χ0n) is 11.6. The van der Waals surface area contributed by atoms with Crippen molar-refractivity contribution in [3.63, 3.8) is 0 Å². The van der Waals surface area contributed by atoms with Crippen LogP contribution in [0, 0.1) is 17.8 Å². The molecular weight excluding hydrogens is 254 g/mol. The number of alkyl halides is 2. The van der Waals surface area contributed by atoms with E-state index >= 15 is 0 Å². The lowest BCUT2D eigenvalue weighted by Crippen LogP contribution is -2.49. The lowest BCUT2D eigenvalue weighted by molar-refractivity contribution is -0.0179. The molecule has 0 spiro atoms. The molecule has 1 aliphatic carbocycles. The molecule has 6 heteroatoms. The molecule has 3 aliphatic rings. The van der Waals surface area contributed by atoms with Crippen LogP contribution in [0.25, 0.3) is 0 Å². The molecule has 3 fully saturated rings. The highest BCUT2D eigenvalue weighted by molar-refractivity contribution is 5.69. The van der Waals surface area contributed by atoms with E-state index in [0.717, 1.165) is 6.42 Å². The Morgan fingerprint density at radius 3 is 2.58 bits per heavy atom. The average molecular weight is 276 g/mol. The first-order valence-corrected chi connectivity index (χ1v) is 6.72. The molecule has 0 aromatic rings. The molecule has 0 radical (unpaired) electrons. The Kier molecular flexibility index (Phi) is 3.73. The maximum Gasteiger partial charge on any atom is 0.410 e. The number of hydrogen-bond acceptors (Lipinski definition) is 3. The number of amides is 1. The van der Waals surface area contributed by atoms with Crippen LogP contribution in [0.3, 0.4) is 0 Å². The molecule has 110 valence electrons. The number of carbonyl (C=O) groups is 1. The number of halogens is 2. The second-order valence-electron chi connectivity index (χ2n) is 6.51. The molecule has 4 nitrogen and oxygen atoms in total. The number of carbonyl (C=O) groups excluding carboxylic acids is 1. The number of fused-ring (bicyclic) bond motifs is 1. The number of hydrogen-bond donors (Lipinski definition) is 1. The fourth-order valence-electron chi connectivity index (χ4n) is 3.26. The molecule has 0 aromatic heterocycles. The summed E-state index contributed by atoms with van der Waals surface area (Å²) in [5.41, 5.74) is 4.88. The molecule has 2 unspecified atom stereocenters. The van der Waals surface area contributed by atoms with Crippen LogP contribution >= 0.6 is 0 Å². The van der Waals surface area contributed by atoms with Crippen LogP contribution in [-0.4, -0.2) is 42.2 Å². The smallest absolute Gasteiger partial charge is 0.410 e. The largest absolute Gasteiger partial charge is 0.444 e. The van der Waals surface area contributed by atoms with E-state index in [9.17, 15) is 13.6 Å². The van der Waals surface area contributed by atoms with Gasteiger partial charge in [-0.2, -0.15) is 0 Å². The first kappa shape index (κ1) is 14.5. The molecular formula is C13H22F2N2O2. The standard InChI is InChI=1S/C13H22F2N2O2/c1-13(2,3)19-12(18)17-6-7-4-9(17)10(7)8(5-16)11(14)15/h7-11H,4-6,16H2,1-3H3/t7-,8?,9-,10?/m0/s1. The summed E-state index contributed by atoms with van der Waals surface area (Å²) in [7, 11) is 0. The highest BCUT2D eigenvalue weighted by Crippen LogP contribution is 2.51. The molecule has 2 bridgehead atoms. The molecule has 1 amide bonds. The van der Waals surface area contributed by atoms with Crippen molar-refractivity contribution in [3.05, 3.63) is 0 Å². The van der Waals surface area contributed by atoms with Gasteiger partial charge in [0.15, 0.2) is 0 Å². The zero-order chi connectivity index (χ0) is 14.4. The van der Waals surface area contributed by atoms with Crippen molar-refractivity contribution >= 4 is 6.09 Å². The quantitative estimate of drug-likeness (QED) is 0.858. The molecule has 1 saturated carbocycles. The molecule has 19 heavy (non-hydrogen) atoms. The van der Waals surface area contributed by atoms with E-state index in [1.165, 1.54) is 0 Å². The van der Waals surface area contributed by atoms with Crippen LogP contribution in [0.15, 0.2) is 0 Å². The van der Waals surface area contributed by atoms with E-state index < -0.39 is 24.0 Å². The van der Waals surface area contributed by atoms with E-state index in [1.54, 1.807) is 25.7 Å². The van der Waals surface area contributed by atoms with Crippen molar-refractivity contribution < 1.29 is 18.3 Å². The van der Waals surface area contributed by atoms with Gasteiger partial charge in [0.2, 0.25) is 6.43 Å². The van der Waals surface area contributed by atoms with Gasteiger partial charge in [-0.1, -0.05) is 0 Å². The van der Waals surface area contributed by atoms with E-state index in [4.69, 9.17) is 10.5 Å². The highest BCUT2D eigenvalue weighted by Gasteiger charge is 2.58. The Labute approximate surface area is 112 Å². The fraction of sp³-hybridized carbons (Fsp3) is 0.923. The van der Waals surface area contributed by atoms with Crippen molar-refractivity contribution in [2.24, 2.45) is 23.5 Å². The molecule has 0 aromatic carbocycles. The van der Waals surface area contributed by atoms with Gasteiger partial charge in [0, 0.05) is 25.0 Å². The third-order valence-corrected chi connectivity index (χ3v) is 4.08. The van der Waals surface area contributed by atoms with E-state index in [0.29, 0.717) is 6.54 Å². The Morgan fingerprint density at radius 1 is 1.47 bits per heavy atom. The van der Waals surface area contributed by atoms with Crippen molar-refractivity contribution in [1.82, 2.24) is 4.90 Å². The number of ether oxygens (including phenoxy) is 1. The van der Waals surface area contributed by atoms with Gasteiger partial charge in [0.25, 0.3) is 0 Å². The Balaban J connectivity index is 2.00. The van der Waals surface area contributed by atoms with Crippen molar-refractivity contribution in [3.8, 4) is 0 Å².